The van der Waals surface area contributed by atoms with Crippen molar-refractivity contribution in [3.8, 4) is 11.3 Å². The molecule has 6 nitrogen and oxygen atoms in total. The van der Waals surface area contributed by atoms with E-state index in [1.165, 1.54) is 12.1 Å². The molecular weight excluding hydrogens is 294 g/mol. The number of imidazole rings is 1. The van der Waals surface area contributed by atoms with Gasteiger partial charge in [0.1, 0.15) is 5.65 Å². The van der Waals surface area contributed by atoms with Gasteiger partial charge in [-0.3, -0.25) is 4.79 Å². The number of carboxylic acids is 1. The predicted molar refractivity (Wildman–Crippen MR) is 86.5 cm³/mol. The third-order valence-corrected chi connectivity index (χ3v) is 3.49. The van der Waals surface area contributed by atoms with Gasteiger partial charge in [0.25, 0.3) is 0 Å². The number of fused-ring (bicyclic) bond motifs is 1. The van der Waals surface area contributed by atoms with Gasteiger partial charge in [0, 0.05) is 30.1 Å². The Morgan fingerprint density at radius 1 is 1.22 bits per heavy atom. The number of carboxylic acid groups (broad SMARTS) is 1. The number of nitrogens with one attached hydrogen (secondary N) is 1. The lowest BCUT2D eigenvalue weighted by atomic mass is 10.1. The Labute approximate surface area is 132 Å². The van der Waals surface area contributed by atoms with E-state index in [-0.39, 0.29) is 11.5 Å². The van der Waals surface area contributed by atoms with Crippen molar-refractivity contribution in [3.05, 3.63) is 54.4 Å². The molecule has 0 atom stereocenters. The first-order valence-electron chi connectivity index (χ1n) is 7.19. The van der Waals surface area contributed by atoms with Gasteiger partial charge in [0.15, 0.2) is 0 Å². The van der Waals surface area contributed by atoms with Gasteiger partial charge < -0.3 is 14.8 Å². The molecule has 0 aliphatic carbocycles. The maximum Gasteiger partial charge on any atom is 0.335 e. The highest BCUT2D eigenvalue weighted by molar-refractivity contribution is 5.91. The second kappa shape index (κ2) is 5.92. The summed E-state index contributed by atoms with van der Waals surface area (Å²) in [5, 5.41) is 11.8. The van der Waals surface area contributed by atoms with Crippen molar-refractivity contribution in [2.24, 2.45) is 0 Å². The van der Waals surface area contributed by atoms with Crippen molar-refractivity contribution >= 4 is 23.2 Å². The van der Waals surface area contributed by atoms with E-state index < -0.39 is 5.97 Å². The van der Waals surface area contributed by atoms with Crippen LogP contribution < -0.4 is 5.32 Å². The number of nitrogens with zero attached hydrogens (tertiary/aromatic N) is 2. The minimum absolute atomic E-state index is 0.0355. The highest BCUT2D eigenvalue weighted by Gasteiger charge is 2.08. The molecule has 6 heteroatoms. The molecule has 0 bridgehead atoms. The van der Waals surface area contributed by atoms with Crippen LogP contribution in [0.1, 0.15) is 23.7 Å². The summed E-state index contributed by atoms with van der Waals surface area (Å²) in [6.45, 7) is 1.80. The molecule has 0 radical (unpaired) electrons. The molecule has 3 rings (SSSR count). The molecule has 3 aromatic rings. The smallest absolute Gasteiger partial charge is 0.335 e. The molecule has 0 unspecified atom stereocenters. The Bertz CT molecular complexity index is 882. The maximum absolute atomic E-state index is 11.4. The van der Waals surface area contributed by atoms with Crippen LogP contribution in [0.5, 0.6) is 0 Å². The predicted octanol–water partition coefficient (Wildman–Crippen LogP) is 3.05. The Balaban J connectivity index is 1.90. The Kier molecular flexibility index (Phi) is 3.80. The van der Waals surface area contributed by atoms with Gasteiger partial charge in [-0.15, -0.1) is 0 Å². The van der Waals surface area contributed by atoms with Crippen LogP contribution in [0.3, 0.4) is 0 Å². The van der Waals surface area contributed by atoms with Crippen molar-refractivity contribution in [3.63, 3.8) is 0 Å². The number of anilines is 1. The molecule has 2 heterocycles. The van der Waals surface area contributed by atoms with Crippen LogP contribution in [-0.4, -0.2) is 26.4 Å². The number of benzene rings is 1. The number of hydrogen-bond donors (Lipinski definition) is 2. The van der Waals surface area contributed by atoms with Gasteiger partial charge in [0.2, 0.25) is 5.91 Å². The summed E-state index contributed by atoms with van der Waals surface area (Å²) < 4.78 is 1.77. The second-order valence-electron chi connectivity index (χ2n) is 5.09. The van der Waals surface area contributed by atoms with E-state index in [0.717, 1.165) is 16.9 Å². The zero-order valence-corrected chi connectivity index (χ0v) is 12.5. The molecule has 116 valence electrons. The van der Waals surface area contributed by atoms with Crippen molar-refractivity contribution in [2.45, 2.75) is 13.3 Å². The second-order valence-corrected chi connectivity index (χ2v) is 5.09. The largest absolute Gasteiger partial charge is 0.478 e. The highest BCUT2D eigenvalue weighted by atomic mass is 16.4. The van der Waals surface area contributed by atoms with Crippen LogP contribution in [-0.2, 0) is 4.79 Å². The minimum atomic E-state index is -0.979. The van der Waals surface area contributed by atoms with Crippen LogP contribution >= 0.6 is 0 Å². The topological polar surface area (TPSA) is 83.7 Å². The average Bonchev–Trinajstić information content (AvgIpc) is 2.98. The standard InChI is InChI=1S/C17H15N3O3/c1-2-16(21)18-13-5-3-11(4-6-13)14-10-20-8-7-12(17(22)23)9-15(20)19-14/h3-10H,2H2,1H3,(H,18,21)(H,22,23). The molecule has 0 saturated heterocycles. The van der Waals surface area contributed by atoms with E-state index in [2.05, 4.69) is 10.3 Å². The van der Waals surface area contributed by atoms with E-state index >= 15 is 0 Å². The van der Waals surface area contributed by atoms with Crippen molar-refractivity contribution in [1.29, 1.82) is 0 Å². The fraction of sp³-hybridized carbons (Fsp3) is 0.118. The van der Waals surface area contributed by atoms with Gasteiger partial charge >= 0.3 is 5.97 Å². The first kappa shape index (κ1) is 14.8. The van der Waals surface area contributed by atoms with E-state index in [1.54, 1.807) is 17.5 Å². The third kappa shape index (κ3) is 3.06. The van der Waals surface area contributed by atoms with Gasteiger partial charge in [-0.2, -0.15) is 0 Å². The van der Waals surface area contributed by atoms with Crippen molar-refractivity contribution < 1.29 is 14.7 Å². The lowest BCUT2D eigenvalue weighted by Crippen LogP contribution is -2.08. The number of aromatic carboxylic acids is 1. The SMILES string of the molecule is CCC(=O)Nc1ccc(-c2cn3ccc(C(=O)O)cc3n2)cc1. The Morgan fingerprint density at radius 2 is 1.96 bits per heavy atom. The zero-order valence-electron chi connectivity index (χ0n) is 12.5. The fourth-order valence-electron chi connectivity index (χ4n) is 2.23. The molecule has 1 amide bonds. The van der Waals surface area contributed by atoms with Crippen molar-refractivity contribution in [1.82, 2.24) is 9.38 Å². The van der Waals surface area contributed by atoms with Crippen LogP contribution in [0.15, 0.2) is 48.8 Å². The molecular formula is C17H15N3O3. The first-order chi connectivity index (χ1) is 11.1. The normalized spacial score (nSPS) is 10.7. The summed E-state index contributed by atoms with van der Waals surface area (Å²) in [5.41, 5.74) is 3.13. The number of pyridine rings is 1. The van der Waals surface area contributed by atoms with Crippen LogP contribution in [0.2, 0.25) is 0 Å². The van der Waals surface area contributed by atoms with Crippen LogP contribution in [0, 0.1) is 0 Å². The third-order valence-electron chi connectivity index (χ3n) is 3.49. The monoisotopic (exact) mass is 309 g/mol. The molecule has 0 fully saturated rings. The summed E-state index contributed by atoms with van der Waals surface area (Å²) in [4.78, 5) is 26.8. The molecule has 0 spiro atoms. The van der Waals surface area contributed by atoms with Crippen molar-refractivity contribution in [2.75, 3.05) is 5.32 Å². The number of aromatic nitrogens is 2. The number of rotatable bonds is 4. The van der Waals surface area contributed by atoms with E-state index in [9.17, 15) is 9.59 Å². The summed E-state index contributed by atoms with van der Waals surface area (Å²) in [6, 6.07) is 10.4. The van der Waals surface area contributed by atoms with E-state index in [4.69, 9.17) is 5.11 Å². The molecule has 0 saturated carbocycles. The van der Waals surface area contributed by atoms with Gasteiger partial charge in [-0.1, -0.05) is 19.1 Å². The summed E-state index contributed by atoms with van der Waals surface area (Å²) in [6.07, 6.45) is 3.94. The summed E-state index contributed by atoms with van der Waals surface area (Å²) >= 11 is 0. The molecule has 0 aliphatic rings. The number of carbonyl (C=O) groups excluding carboxylic acids is 1. The molecule has 2 N–H and O–H groups in total. The lowest BCUT2D eigenvalue weighted by Gasteiger charge is -2.03. The Hall–Kier alpha value is -3.15. The summed E-state index contributed by atoms with van der Waals surface area (Å²) in [5.74, 6) is -1.01. The molecule has 0 aliphatic heterocycles. The first-order valence-corrected chi connectivity index (χ1v) is 7.19. The lowest BCUT2D eigenvalue weighted by molar-refractivity contribution is -0.115. The minimum Gasteiger partial charge on any atom is -0.478 e. The number of carbonyl (C=O) groups is 2. The number of amides is 1. The van der Waals surface area contributed by atoms with E-state index in [1.807, 2.05) is 30.5 Å². The zero-order chi connectivity index (χ0) is 16.4. The Morgan fingerprint density at radius 3 is 2.61 bits per heavy atom. The summed E-state index contributed by atoms with van der Waals surface area (Å²) in [7, 11) is 0. The van der Waals surface area contributed by atoms with Gasteiger partial charge in [-0.05, 0) is 24.3 Å². The van der Waals surface area contributed by atoms with Crippen LogP contribution in [0.25, 0.3) is 16.9 Å². The highest BCUT2D eigenvalue weighted by Crippen LogP contribution is 2.22. The molecule has 2 aromatic heterocycles. The van der Waals surface area contributed by atoms with E-state index in [0.29, 0.717) is 12.1 Å². The average molecular weight is 309 g/mol. The van der Waals surface area contributed by atoms with Gasteiger partial charge in [-0.25, -0.2) is 9.78 Å². The van der Waals surface area contributed by atoms with Crippen LogP contribution in [0.4, 0.5) is 5.69 Å². The maximum atomic E-state index is 11.4. The fourth-order valence-corrected chi connectivity index (χ4v) is 2.23. The quantitative estimate of drug-likeness (QED) is 0.776. The molecule has 23 heavy (non-hydrogen) atoms. The van der Waals surface area contributed by atoms with Gasteiger partial charge in [0.05, 0.1) is 11.3 Å². The number of hydrogen-bond acceptors (Lipinski definition) is 3. The molecule has 1 aromatic carbocycles.